The van der Waals surface area contributed by atoms with Crippen molar-refractivity contribution < 1.29 is 13.2 Å². The zero-order valence-corrected chi connectivity index (χ0v) is 14.6. The van der Waals surface area contributed by atoms with E-state index in [1.807, 2.05) is 12.1 Å². The molecule has 1 saturated heterocycles. The lowest BCUT2D eigenvalue weighted by molar-refractivity contribution is -0.0326. The monoisotopic (exact) mass is 336 g/mol. The maximum Gasteiger partial charge on any atom is 0.151 e. The molecule has 1 spiro atoms. The van der Waals surface area contributed by atoms with Gasteiger partial charge in [0.15, 0.2) is 9.84 Å². The second-order valence-electron chi connectivity index (χ2n) is 6.74. The molecule has 6 heteroatoms. The van der Waals surface area contributed by atoms with Crippen molar-refractivity contribution in [3.05, 3.63) is 35.5 Å². The topological polar surface area (TPSA) is 59.5 Å². The molecule has 0 unspecified atom stereocenters. The van der Waals surface area contributed by atoms with E-state index in [0.29, 0.717) is 0 Å². The van der Waals surface area contributed by atoms with Gasteiger partial charge in [-0.15, -0.1) is 0 Å². The minimum Gasteiger partial charge on any atom is -0.370 e. The fourth-order valence-electron chi connectivity index (χ4n) is 3.37. The van der Waals surface area contributed by atoms with Crippen LogP contribution in [0.5, 0.6) is 0 Å². The summed E-state index contributed by atoms with van der Waals surface area (Å²) in [4.78, 5) is 6.69. The molecule has 1 fully saturated rings. The Kier molecular flexibility index (Phi) is 4.47. The number of nitrogens with zero attached hydrogens (tertiary/aromatic N) is 2. The normalized spacial score (nSPS) is 21.3. The number of piperidine rings is 1. The maximum atomic E-state index is 11.3. The van der Waals surface area contributed by atoms with Gasteiger partial charge in [0.25, 0.3) is 0 Å². The highest BCUT2D eigenvalue weighted by molar-refractivity contribution is 7.89. The number of hydrogen-bond acceptors (Lipinski definition) is 5. The molecule has 0 atom stereocenters. The summed E-state index contributed by atoms with van der Waals surface area (Å²) < 4.78 is 28.7. The molecule has 5 nitrogen and oxygen atoms in total. The van der Waals surface area contributed by atoms with Crippen molar-refractivity contribution in [3.63, 3.8) is 0 Å². The predicted octanol–water partition coefficient (Wildman–Crippen LogP) is 2.33. The van der Waals surface area contributed by atoms with E-state index in [4.69, 9.17) is 4.74 Å². The summed E-state index contributed by atoms with van der Waals surface area (Å²) in [5.74, 6) is 0.954. The number of hydrogen-bond donors (Lipinski definition) is 0. The molecule has 0 bridgehead atoms. The number of ether oxygens (including phenoxy) is 1. The van der Waals surface area contributed by atoms with Gasteiger partial charge in [0.05, 0.1) is 18.0 Å². The first-order valence-electron chi connectivity index (χ1n) is 8.05. The average molecular weight is 336 g/mol. The summed E-state index contributed by atoms with van der Waals surface area (Å²) in [7, 11) is -3.02. The van der Waals surface area contributed by atoms with Gasteiger partial charge in [-0.1, -0.05) is 17.7 Å². The third-order valence-electron chi connectivity index (χ3n) is 4.57. The molecule has 2 aliphatic rings. The van der Waals surface area contributed by atoms with Gasteiger partial charge >= 0.3 is 0 Å². The third-order valence-corrected chi connectivity index (χ3v) is 5.42. The lowest BCUT2D eigenvalue weighted by atomic mass is 9.87. The first-order chi connectivity index (χ1) is 10.9. The van der Waals surface area contributed by atoms with Gasteiger partial charge in [0.2, 0.25) is 0 Å². The Morgan fingerprint density at radius 3 is 2.61 bits per heavy atom. The van der Waals surface area contributed by atoms with E-state index in [1.165, 1.54) is 11.8 Å². The van der Waals surface area contributed by atoms with Gasteiger partial charge in [-0.3, -0.25) is 0 Å². The molecule has 1 aromatic heterocycles. The second kappa shape index (κ2) is 6.24. The summed E-state index contributed by atoms with van der Waals surface area (Å²) >= 11 is 0. The largest absolute Gasteiger partial charge is 0.370 e. The maximum absolute atomic E-state index is 11.3. The standard InChI is InChI=1S/C17H24N2O3S/c1-14-5-10-22-17(11-14)6-8-19(9-7-17)16-4-3-15(12-18-16)13-23(2,20)21/h3-4,11-12H,5-10,13H2,1-2H3. The molecule has 0 N–H and O–H groups in total. The molecular formula is C17H24N2O3S. The third kappa shape index (κ3) is 4.12. The predicted molar refractivity (Wildman–Crippen MR) is 91.3 cm³/mol. The lowest BCUT2D eigenvalue weighted by Gasteiger charge is -2.42. The van der Waals surface area contributed by atoms with Crippen LogP contribution in [0.1, 0.15) is 31.7 Å². The minimum atomic E-state index is -3.02. The average Bonchev–Trinajstić information content (AvgIpc) is 2.47. The van der Waals surface area contributed by atoms with Crippen molar-refractivity contribution in [1.29, 1.82) is 0 Å². The van der Waals surface area contributed by atoms with Crippen molar-refractivity contribution in [3.8, 4) is 0 Å². The highest BCUT2D eigenvalue weighted by atomic mass is 32.2. The van der Waals surface area contributed by atoms with Crippen LogP contribution in [0.15, 0.2) is 30.0 Å². The SMILES string of the molecule is CC1=CC2(CCN(c3ccc(CS(C)(=O)=O)cn3)CC2)OCC1. The number of pyridine rings is 1. The Morgan fingerprint density at radius 2 is 2.04 bits per heavy atom. The molecule has 0 aromatic carbocycles. The summed E-state index contributed by atoms with van der Waals surface area (Å²) in [6.07, 6.45) is 8.19. The van der Waals surface area contributed by atoms with Crippen molar-refractivity contribution in [1.82, 2.24) is 4.98 Å². The Balaban J connectivity index is 1.65. The Morgan fingerprint density at radius 1 is 1.30 bits per heavy atom. The smallest absolute Gasteiger partial charge is 0.151 e. The van der Waals surface area contributed by atoms with E-state index < -0.39 is 9.84 Å². The molecule has 23 heavy (non-hydrogen) atoms. The van der Waals surface area contributed by atoms with Crippen LogP contribution in [0.2, 0.25) is 0 Å². The number of sulfone groups is 1. The van der Waals surface area contributed by atoms with E-state index >= 15 is 0 Å². The number of rotatable bonds is 3. The second-order valence-corrected chi connectivity index (χ2v) is 8.88. The van der Waals surface area contributed by atoms with E-state index in [2.05, 4.69) is 22.9 Å². The summed E-state index contributed by atoms with van der Waals surface area (Å²) in [5.41, 5.74) is 2.07. The van der Waals surface area contributed by atoms with E-state index in [9.17, 15) is 8.42 Å². The van der Waals surface area contributed by atoms with Crippen molar-refractivity contribution in [2.45, 2.75) is 37.5 Å². The molecule has 0 aliphatic carbocycles. The molecule has 3 heterocycles. The molecule has 1 aromatic rings. The van der Waals surface area contributed by atoms with Gasteiger partial charge in [-0.25, -0.2) is 13.4 Å². The first kappa shape index (κ1) is 16.5. The molecule has 3 rings (SSSR count). The Hall–Kier alpha value is -1.40. The first-order valence-corrected chi connectivity index (χ1v) is 10.1. The molecule has 0 saturated carbocycles. The van der Waals surface area contributed by atoms with Crippen molar-refractivity contribution in [2.24, 2.45) is 0 Å². The van der Waals surface area contributed by atoms with Crippen LogP contribution in [0.25, 0.3) is 0 Å². The Labute approximate surface area is 138 Å². The summed E-state index contributed by atoms with van der Waals surface area (Å²) in [6.45, 7) is 4.81. The van der Waals surface area contributed by atoms with Gasteiger partial charge in [-0.2, -0.15) is 0 Å². The molecule has 126 valence electrons. The van der Waals surface area contributed by atoms with Crippen LogP contribution in [-0.2, 0) is 20.3 Å². The van der Waals surface area contributed by atoms with Crippen LogP contribution in [-0.4, -0.2) is 45.0 Å². The molecule has 0 radical (unpaired) electrons. The number of aromatic nitrogens is 1. The molecule has 2 aliphatic heterocycles. The van der Waals surface area contributed by atoms with Gasteiger partial charge in [0.1, 0.15) is 5.82 Å². The van der Waals surface area contributed by atoms with Gasteiger partial charge in [-0.05, 0) is 37.8 Å². The fourth-order valence-corrected chi connectivity index (χ4v) is 4.15. The summed E-state index contributed by atoms with van der Waals surface area (Å²) in [5, 5.41) is 0. The van der Waals surface area contributed by atoms with Crippen LogP contribution >= 0.6 is 0 Å². The minimum absolute atomic E-state index is 0.0430. The Bertz CT molecular complexity index is 687. The highest BCUT2D eigenvalue weighted by Crippen LogP contribution is 2.34. The molecular weight excluding hydrogens is 312 g/mol. The van der Waals surface area contributed by atoms with Crippen LogP contribution in [0, 0.1) is 0 Å². The quantitative estimate of drug-likeness (QED) is 0.793. The van der Waals surface area contributed by atoms with Gasteiger partial charge in [0, 0.05) is 25.5 Å². The molecule has 0 amide bonds. The fraction of sp³-hybridized carbons (Fsp3) is 0.588. The van der Waals surface area contributed by atoms with Crippen molar-refractivity contribution in [2.75, 3.05) is 30.9 Å². The summed E-state index contributed by atoms with van der Waals surface area (Å²) in [6, 6.07) is 3.77. The van der Waals surface area contributed by atoms with E-state index in [-0.39, 0.29) is 11.4 Å². The van der Waals surface area contributed by atoms with Crippen LogP contribution < -0.4 is 4.90 Å². The van der Waals surface area contributed by atoms with Crippen LogP contribution in [0.3, 0.4) is 0 Å². The highest BCUT2D eigenvalue weighted by Gasteiger charge is 2.35. The van der Waals surface area contributed by atoms with Gasteiger partial charge < -0.3 is 9.64 Å². The zero-order valence-electron chi connectivity index (χ0n) is 13.8. The van der Waals surface area contributed by atoms with Crippen LogP contribution in [0.4, 0.5) is 5.82 Å². The zero-order chi connectivity index (χ0) is 16.5. The van der Waals surface area contributed by atoms with E-state index in [0.717, 1.165) is 50.3 Å². The van der Waals surface area contributed by atoms with E-state index in [1.54, 1.807) is 6.20 Å². The number of anilines is 1. The van der Waals surface area contributed by atoms with Crippen molar-refractivity contribution >= 4 is 15.7 Å². The lowest BCUT2D eigenvalue weighted by Crippen LogP contribution is -2.46.